The second kappa shape index (κ2) is 7.89. The first kappa shape index (κ1) is 19.1. The molecule has 0 fully saturated rings. The van der Waals surface area contributed by atoms with Gasteiger partial charge in [0.25, 0.3) is 11.6 Å². The third kappa shape index (κ3) is 4.34. The van der Waals surface area contributed by atoms with Crippen molar-refractivity contribution in [2.45, 2.75) is 17.0 Å². The van der Waals surface area contributed by atoms with Crippen molar-refractivity contribution < 1.29 is 9.72 Å². The van der Waals surface area contributed by atoms with E-state index in [9.17, 15) is 14.9 Å². The average Bonchev–Trinajstić information content (AvgIpc) is 3.02. The number of nitro benzene ring substituents is 1. The average molecular weight is 448 g/mol. The Morgan fingerprint density at radius 2 is 2.07 bits per heavy atom. The van der Waals surface area contributed by atoms with Crippen LogP contribution in [0.15, 0.2) is 57.3 Å². The normalized spacial score (nSPS) is 10.6. The van der Waals surface area contributed by atoms with Gasteiger partial charge in [0.1, 0.15) is 6.33 Å². The van der Waals surface area contributed by atoms with Gasteiger partial charge in [0, 0.05) is 28.8 Å². The van der Waals surface area contributed by atoms with Gasteiger partial charge in [0.05, 0.1) is 9.82 Å². The third-order valence-corrected chi connectivity index (χ3v) is 5.34. The van der Waals surface area contributed by atoms with Gasteiger partial charge in [-0.05, 0) is 54.6 Å². The van der Waals surface area contributed by atoms with Gasteiger partial charge in [0.15, 0.2) is 5.16 Å². The molecular formula is C17H14BrN5O3S. The molecular weight excluding hydrogens is 434 g/mol. The summed E-state index contributed by atoms with van der Waals surface area (Å²) in [5.41, 5.74) is 1.56. The van der Waals surface area contributed by atoms with Gasteiger partial charge >= 0.3 is 0 Å². The van der Waals surface area contributed by atoms with E-state index in [2.05, 4.69) is 31.4 Å². The topological polar surface area (TPSA) is 103 Å². The first-order chi connectivity index (χ1) is 12.8. The van der Waals surface area contributed by atoms with Crippen LogP contribution in [0.25, 0.3) is 0 Å². The van der Waals surface area contributed by atoms with Crippen molar-refractivity contribution in [3.63, 3.8) is 0 Å². The van der Waals surface area contributed by atoms with Gasteiger partial charge in [-0.15, -0.1) is 10.2 Å². The fourth-order valence-corrected chi connectivity index (χ4v) is 3.64. The van der Waals surface area contributed by atoms with Crippen LogP contribution < -0.4 is 5.32 Å². The first-order valence-corrected chi connectivity index (χ1v) is 9.34. The van der Waals surface area contributed by atoms with E-state index >= 15 is 0 Å². The summed E-state index contributed by atoms with van der Waals surface area (Å²) in [6, 6.07) is 9.81. The van der Waals surface area contributed by atoms with Crippen LogP contribution in [0.3, 0.4) is 0 Å². The smallest absolute Gasteiger partial charge is 0.284 e. The number of halogens is 1. The number of rotatable bonds is 5. The van der Waals surface area contributed by atoms with Gasteiger partial charge < -0.3 is 9.88 Å². The Labute approximate surface area is 167 Å². The molecule has 10 heteroatoms. The Bertz CT molecular complexity index is 1040. The molecule has 0 atom stereocenters. The Kier molecular flexibility index (Phi) is 5.57. The molecule has 0 spiro atoms. The summed E-state index contributed by atoms with van der Waals surface area (Å²) >= 11 is 4.48. The van der Waals surface area contributed by atoms with Crippen LogP contribution in [0.2, 0.25) is 0 Å². The highest BCUT2D eigenvalue weighted by atomic mass is 79.9. The van der Waals surface area contributed by atoms with Crippen LogP contribution >= 0.6 is 27.7 Å². The molecule has 138 valence electrons. The van der Waals surface area contributed by atoms with Gasteiger partial charge in [-0.2, -0.15) is 0 Å². The van der Waals surface area contributed by atoms with Gasteiger partial charge in [-0.1, -0.05) is 15.9 Å². The third-order valence-electron chi connectivity index (χ3n) is 3.73. The number of nitro groups is 1. The SMILES string of the molecule is Cc1cc(Br)ccc1NC(=O)c1ccc(Sc2nncn2C)c([N+](=O)[O-])c1. The molecule has 3 aromatic rings. The summed E-state index contributed by atoms with van der Waals surface area (Å²) in [6.07, 6.45) is 1.51. The molecule has 0 saturated heterocycles. The highest BCUT2D eigenvalue weighted by Crippen LogP contribution is 2.34. The lowest BCUT2D eigenvalue weighted by atomic mass is 10.1. The van der Waals surface area contributed by atoms with Crippen LogP contribution in [-0.4, -0.2) is 25.6 Å². The molecule has 2 aromatic carbocycles. The molecule has 0 bridgehead atoms. The van der Waals surface area contributed by atoms with Crippen molar-refractivity contribution in [1.29, 1.82) is 0 Å². The number of nitrogens with one attached hydrogen (secondary N) is 1. The minimum atomic E-state index is -0.514. The molecule has 3 rings (SSSR count). The monoisotopic (exact) mass is 447 g/mol. The summed E-state index contributed by atoms with van der Waals surface area (Å²) in [5, 5.41) is 22.4. The number of hydrogen-bond donors (Lipinski definition) is 1. The van der Waals surface area contributed by atoms with Crippen molar-refractivity contribution in [2.24, 2.45) is 7.05 Å². The van der Waals surface area contributed by atoms with Crippen LogP contribution in [0.4, 0.5) is 11.4 Å². The Morgan fingerprint density at radius 1 is 1.30 bits per heavy atom. The summed E-state index contributed by atoms with van der Waals surface area (Å²) in [6.45, 7) is 1.86. The van der Waals surface area contributed by atoms with E-state index in [-0.39, 0.29) is 11.3 Å². The Morgan fingerprint density at radius 3 is 2.70 bits per heavy atom. The van der Waals surface area contributed by atoms with Crippen LogP contribution in [0.5, 0.6) is 0 Å². The Balaban J connectivity index is 1.88. The van der Waals surface area contributed by atoms with Crippen molar-refractivity contribution in [3.8, 4) is 0 Å². The maximum absolute atomic E-state index is 12.5. The van der Waals surface area contributed by atoms with E-state index in [1.165, 1.54) is 12.4 Å². The van der Waals surface area contributed by atoms with Gasteiger partial charge in [-0.3, -0.25) is 14.9 Å². The van der Waals surface area contributed by atoms with E-state index in [1.807, 2.05) is 19.1 Å². The molecule has 0 aliphatic rings. The summed E-state index contributed by atoms with van der Waals surface area (Å²) < 4.78 is 2.56. The molecule has 0 radical (unpaired) electrons. The number of aryl methyl sites for hydroxylation is 2. The zero-order chi connectivity index (χ0) is 19.6. The number of amides is 1. The number of benzene rings is 2. The molecule has 1 aromatic heterocycles. The fourth-order valence-electron chi connectivity index (χ4n) is 2.31. The molecule has 1 N–H and O–H groups in total. The van der Waals surface area contributed by atoms with Crippen LogP contribution in [0, 0.1) is 17.0 Å². The van der Waals surface area contributed by atoms with Crippen molar-refractivity contribution in [2.75, 3.05) is 5.32 Å². The number of hydrogen-bond acceptors (Lipinski definition) is 6. The molecule has 0 aliphatic carbocycles. The largest absolute Gasteiger partial charge is 0.322 e. The van der Waals surface area contributed by atoms with Crippen molar-refractivity contribution in [1.82, 2.24) is 14.8 Å². The summed E-state index contributed by atoms with van der Waals surface area (Å²) in [4.78, 5) is 23.9. The molecule has 0 unspecified atom stereocenters. The van der Waals surface area contributed by atoms with Crippen molar-refractivity contribution >= 4 is 45.0 Å². The van der Waals surface area contributed by atoms with Gasteiger partial charge in [0.2, 0.25) is 0 Å². The molecule has 8 nitrogen and oxygen atoms in total. The zero-order valence-corrected chi connectivity index (χ0v) is 16.7. The molecule has 0 aliphatic heterocycles. The van der Waals surface area contributed by atoms with E-state index in [0.717, 1.165) is 21.8 Å². The van der Waals surface area contributed by atoms with E-state index in [1.54, 1.807) is 29.8 Å². The second-order valence-corrected chi connectivity index (χ2v) is 7.60. The van der Waals surface area contributed by atoms with E-state index in [4.69, 9.17) is 0 Å². The lowest BCUT2D eigenvalue weighted by Crippen LogP contribution is -2.13. The molecule has 1 amide bonds. The van der Waals surface area contributed by atoms with Crippen LogP contribution in [0.1, 0.15) is 15.9 Å². The van der Waals surface area contributed by atoms with Crippen molar-refractivity contribution in [3.05, 3.63) is 68.4 Å². The quantitative estimate of drug-likeness (QED) is 0.464. The maximum Gasteiger partial charge on any atom is 0.284 e. The van der Waals surface area contributed by atoms with Crippen LogP contribution in [-0.2, 0) is 7.05 Å². The second-order valence-electron chi connectivity index (χ2n) is 5.68. The minimum Gasteiger partial charge on any atom is -0.322 e. The Hall–Kier alpha value is -2.72. The molecule has 27 heavy (non-hydrogen) atoms. The van der Waals surface area contributed by atoms with Gasteiger partial charge in [-0.25, -0.2) is 0 Å². The number of anilines is 1. The van der Waals surface area contributed by atoms with E-state index in [0.29, 0.717) is 15.7 Å². The highest BCUT2D eigenvalue weighted by Gasteiger charge is 2.20. The number of carbonyl (C=O) groups excluding carboxylic acids is 1. The fraction of sp³-hybridized carbons (Fsp3) is 0.118. The first-order valence-electron chi connectivity index (χ1n) is 7.73. The van der Waals surface area contributed by atoms with E-state index < -0.39 is 10.8 Å². The molecule has 0 saturated carbocycles. The number of nitrogens with zero attached hydrogens (tertiary/aromatic N) is 4. The maximum atomic E-state index is 12.5. The molecule has 1 heterocycles. The summed E-state index contributed by atoms with van der Waals surface area (Å²) in [5.74, 6) is -0.418. The lowest BCUT2D eigenvalue weighted by molar-refractivity contribution is -0.387. The predicted molar refractivity (Wildman–Crippen MR) is 105 cm³/mol. The standard InChI is InChI=1S/C17H14BrN5O3S/c1-10-7-12(18)4-5-13(10)20-16(24)11-3-6-15(14(8-11)23(25)26)27-17-21-19-9-22(17)2/h3-9H,1-2H3,(H,20,24). The summed E-state index contributed by atoms with van der Waals surface area (Å²) in [7, 11) is 1.75. The predicted octanol–water partition coefficient (Wildman–Crippen LogP) is 4.20. The number of carbonyl (C=O) groups is 1. The minimum absolute atomic E-state index is 0.164. The number of aromatic nitrogens is 3. The zero-order valence-electron chi connectivity index (χ0n) is 14.3. The highest BCUT2D eigenvalue weighted by molar-refractivity contribution is 9.10. The lowest BCUT2D eigenvalue weighted by Gasteiger charge is -2.09.